The highest BCUT2D eigenvalue weighted by Gasteiger charge is 2.35. The fourth-order valence-corrected chi connectivity index (χ4v) is 4.04. The second-order valence-electron chi connectivity index (χ2n) is 6.70. The zero-order valence-corrected chi connectivity index (χ0v) is 14.9. The van der Waals surface area contributed by atoms with E-state index in [1.807, 2.05) is 45.0 Å². The first-order valence-electron chi connectivity index (χ1n) is 7.46. The lowest BCUT2D eigenvalue weighted by Crippen LogP contribution is -2.25. The van der Waals surface area contributed by atoms with Crippen molar-refractivity contribution < 1.29 is 9.90 Å². The molecular formula is C18H18ClNO2S. The monoisotopic (exact) mass is 347 g/mol. The Balaban J connectivity index is 2.07. The van der Waals surface area contributed by atoms with Crippen molar-refractivity contribution in [2.24, 2.45) is 5.41 Å². The molecule has 0 bridgehead atoms. The molecule has 0 amide bonds. The zero-order valence-electron chi connectivity index (χ0n) is 13.3. The van der Waals surface area contributed by atoms with Crippen molar-refractivity contribution >= 4 is 34.3 Å². The number of Topliss-reactive ketones (excluding diaryl/α,β-unsaturated/α-hetero) is 1. The fourth-order valence-electron chi connectivity index (χ4n) is 2.93. The second-order valence-corrected chi connectivity index (χ2v) is 8.34. The molecule has 0 aliphatic heterocycles. The number of allylic oxidation sites excluding steroid dienone is 2. The van der Waals surface area contributed by atoms with Crippen LogP contribution < -0.4 is 0 Å². The van der Waals surface area contributed by atoms with E-state index in [1.54, 1.807) is 0 Å². The molecule has 0 saturated carbocycles. The van der Waals surface area contributed by atoms with Crippen LogP contribution >= 0.6 is 22.9 Å². The van der Waals surface area contributed by atoms with Gasteiger partial charge in [0, 0.05) is 28.3 Å². The molecule has 3 nitrogen and oxygen atoms in total. The number of halogens is 1. The molecule has 0 unspecified atom stereocenters. The van der Waals surface area contributed by atoms with E-state index in [0.29, 0.717) is 29.1 Å². The van der Waals surface area contributed by atoms with Gasteiger partial charge in [-0.05, 0) is 24.5 Å². The molecular weight excluding hydrogens is 330 g/mol. The van der Waals surface area contributed by atoms with Crippen LogP contribution in [0.2, 0.25) is 5.02 Å². The number of carbonyl (C=O) groups is 1. The highest BCUT2D eigenvalue weighted by atomic mass is 35.5. The first kappa shape index (κ1) is 16.2. The number of aromatic nitrogens is 1. The number of carbonyl (C=O) groups excluding carboxylic acids is 1. The molecule has 120 valence electrons. The summed E-state index contributed by atoms with van der Waals surface area (Å²) in [7, 11) is 0. The SMILES string of the molecule is Cc1sc(-c2cccc(Cl)c2)nc1C1=C(O)CC(C)(C)CC1=O. The number of nitrogens with zero attached hydrogens (tertiary/aromatic N) is 1. The van der Waals surface area contributed by atoms with Gasteiger partial charge in [0.1, 0.15) is 10.8 Å². The van der Waals surface area contributed by atoms with Crippen molar-refractivity contribution in [2.75, 3.05) is 0 Å². The van der Waals surface area contributed by atoms with E-state index in [2.05, 4.69) is 4.98 Å². The van der Waals surface area contributed by atoms with Crippen LogP contribution in [0.1, 0.15) is 37.3 Å². The van der Waals surface area contributed by atoms with Gasteiger partial charge >= 0.3 is 0 Å². The van der Waals surface area contributed by atoms with Crippen molar-refractivity contribution in [1.29, 1.82) is 0 Å². The van der Waals surface area contributed by atoms with Crippen molar-refractivity contribution in [1.82, 2.24) is 4.98 Å². The molecule has 0 spiro atoms. The topological polar surface area (TPSA) is 50.2 Å². The quantitative estimate of drug-likeness (QED) is 0.787. The zero-order chi connectivity index (χ0) is 16.8. The number of aliphatic hydroxyl groups excluding tert-OH is 1. The van der Waals surface area contributed by atoms with Gasteiger partial charge in [-0.25, -0.2) is 4.98 Å². The van der Waals surface area contributed by atoms with Gasteiger partial charge in [-0.15, -0.1) is 11.3 Å². The Labute approximate surface area is 144 Å². The van der Waals surface area contributed by atoms with Gasteiger partial charge in [0.05, 0.1) is 11.3 Å². The van der Waals surface area contributed by atoms with Crippen LogP contribution in [0.4, 0.5) is 0 Å². The van der Waals surface area contributed by atoms with Gasteiger partial charge in [-0.2, -0.15) is 0 Å². The third-order valence-electron chi connectivity index (χ3n) is 3.96. The number of hydrogen-bond donors (Lipinski definition) is 1. The summed E-state index contributed by atoms with van der Waals surface area (Å²) in [6.45, 7) is 5.90. The maximum Gasteiger partial charge on any atom is 0.169 e. The summed E-state index contributed by atoms with van der Waals surface area (Å²) in [4.78, 5) is 18.0. The summed E-state index contributed by atoms with van der Waals surface area (Å²) in [6, 6.07) is 7.48. The van der Waals surface area contributed by atoms with Crippen molar-refractivity contribution in [3.05, 3.63) is 45.6 Å². The lowest BCUT2D eigenvalue weighted by Gasteiger charge is -2.29. The summed E-state index contributed by atoms with van der Waals surface area (Å²) in [6.07, 6.45) is 0.924. The average molecular weight is 348 g/mol. The Bertz CT molecular complexity index is 820. The van der Waals surface area contributed by atoms with E-state index in [9.17, 15) is 9.90 Å². The van der Waals surface area contributed by atoms with Crippen LogP contribution in [0.15, 0.2) is 30.0 Å². The molecule has 1 N–H and O–H groups in total. The third kappa shape index (κ3) is 3.19. The number of hydrogen-bond acceptors (Lipinski definition) is 4. The highest BCUT2D eigenvalue weighted by Crippen LogP contribution is 2.41. The van der Waals surface area contributed by atoms with Crippen LogP contribution in [-0.4, -0.2) is 15.9 Å². The number of rotatable bonds is 2. The molecule has 0 atom stereocenters. The van der Waals surface area contributed by atoms with Crippen LogP contribution in [0.5, 0.6) is 0 Å². The van der Waals surface area contributed by atoms with E-state index in [0.717, 1.165) is 15.4 Å². The minimum atomic E-state index is -0.204. The number of aryl methyl sites for hydroxylation is 1. The molecule has 1 aromatic heterocycles. The Morgan fingerprint density at radius 3 is 2.70 bits per heavy atom. The molecule has 1 aromatic carbocycles. The van der Waals surface area contributed by atoms with Crippen LogP contribution in [0.25, 0.3) is 16.1 Å². The maximum absolute atomic E-state index is 12.5. The van der Waals surface area contributed by atoms with Gasteiger partial charge in [0.2, 0.25) is 0 Å². The summed E-state index contributed by atoms with van der Waals surface area (Å²) in [5.41, 5.74) is 1.69. The Kier molecular flexibility index (Phi) is 4.07. The lowest BCUT2D eigenvalue weighted by molar-refractivity contribution is -0.116. The van der Waals surface area contributed by atoms with Gasteiger partial charge in [0.25, 0.3) is 0 Å². The first-order chi connectivity index (χ1) is 10.8. The van der Waals surface area contributed by atoms with Crippen molar-refractivity contribution in [3.63, 3.8) is 0 Å². The maximum atomic E-state index is 12.5. The summed E-state index contributed by atoms with van der Waals surface area (Å²) in [5.74, 6) is 0.113. The number of benzene rings is 1. The van der Waals surface area contributed by atoms with E-state index in [-0.39, 0.29) is 17.0 Å². The van der Waals surface area contributed by atoms with Crippen LogP contribution in [0, 0.1) is 12.3 Å². The van der Waals surface area contributed by atoms with E-state index >= 15 is 0 Å². The summed E-state index contributed by atoms with van der Waals surface area (Å²) >= 11 is 7.55. The fraction of sp³-hybridized carbons (Fsp3) is 0.333. The first-order valence-corrected chi connectivity index (χ1v) is 8.65. The normalized spacial score (nSPS) is 17.7. The molecule has 1 heterocycles. The molecule has 23 heavy (non-hydrogen) atoms. The number of aliphatic hydroxyl groups is 1. The second kappa shape index (κ2) is 5.77. The molecule has 2 aromatic rings. The van der Waals surface area contributed by atoms with Gasteiger partial charge in [-0.1, -0.05) is 37.6 Å². The largest absolute Gasteiger partial charge is 0.511 e. The predicted octanol–water partition coefficient (Wildman–Crippen LogP) is 5.43. The highest BCUT2D eigenvalue weighted by molar-refractivity contribution is 7.15. The van der Waals surface area contributed by atoms with Gasteiger partial charge in [0.15, 0.2) is 5.78 Å². The lowest BCUT2D eigenvalue weighted by atomic mass is 9.76. The average Bonchev–Trinajstić information content (AvgIpc) is 2.79. The van der Waals surface area contributed by atoms with Crippen LogP contribution in [-0.2, 0) is 4.79 Å². The molecule has 3 rings (SSSR count). The third-order valence-corrected chi connectivity index (χ3v) is 5.21. The van der Waals surface area contributed by atoms with Crippen molar-refractivity contribution in [3.8, 4) is 10.6 Å². The van der Waals surface area contributed by atoms with E-state index in [4.69, 9.17) is 11.6 Å². The minimum absolute atomic E-state index is 0.0372. The Morgan fingerprint density at radius 1 is 1.30 bits per heavy atom. The standard InChI is InChI=1S/C18H18ClNO2S/c1-10-16(15-13(21)8-18(2,3)9-14(15)22)20-17(23-10)11-5-4-6-12(19)7-11/h4-7,21H,8-9H2,1-3H3. The molecule has 0 saturated heterocycles. The predicted molar refractivity (Wildman–Crippen MR) is 94.9 cm³/mol. The van der Waals surface area contributed by atoms with Gasteiger partial charge < -0.3 is 5.11 Å². The van der Waals surface area contributed by atoms with E-state index < -0.39 is 0 Å². The summed E-state index contributed by atoms with van der Waals surface area (Å²) in [5, 5.41) is 11.8. The number of ketones is 1. The molecule has 0 fully saturated rings. The molecule has 0 radical (unpaired) electrons. The van der Waals surface area contributed by atoms with Crippen LogP contribution in [0.3, 0.4) is 0 Å². The number of thiazole rings is 1. The Morgan fingerprint density at radius 2 is 2.04 bits per heavy atom. The molecule has 1 aliphatic carbocycles. The van der Waals surface area contributed by atoms with Crippen molar-refractivity contribution in [2.45, 2.75) is 33.6 Å². The minimum Gasteiger partial charge on any atom is -0.511 e. The smallest absolute Gasteiger partial charge is 0.169 e. The van der Waals surface area contributed by atoms with Gasteiger partial charge in [-0.3, -0.25) is 4.79 Å². The molecule has 1 aliphatic rings. The Hall–Kier alpha value is -1.65. The van der Waals surface area contributed by atoms with E-state index in [1.165, 1.54) is 11.3 Å². The summed E-state index contributed by atoms with van der Waals surface area (Å²) < 4.78 is 0. The molecule has 5 heteroatoms.